The Kier molecular flexibility index (Phi) is 7.32. The second-order valence-corrected chi connectivity index (χ2v) is 8.43. The Hall–Kier alpha value is -2.45. The van der Waals surface area contributed by atoms with Crippen molar-refractivity contribution in [1.29, 1.82) is 0 Å². The van der Waals surface area contributed by atoms with Gasteiger partial charge in [0.25, 0.3) is 0 Å². The molecular formula is C19H22N2O4S2. The first-order valence-corrected chi connectivity index (χ1v) is 11.2. The summed E-state index contributed by atoms with van der Waals surface area (Å²) in [5.74, 6) is 0.217. The number of nitrogens with zero attached hydrogens (tertiary/aromatic N) is 1. The SMILES string of the molecule is C=CCOc1ccc(NC(=O)CN(c2cccc(SC)c2)S(C)(=O)=O)cc1. The molecule has 0 saturated heterocycles. The molecule has 1 N–H and O–H groups in total. The molecule has 8 heteroatoms. The highest BCUT2D eigenvalue weighted by molar-refractivity contribution is 7.98. The number of carbonyl (C=O) groups excluding carboxylic acids is 1. The van der Waals surface area contributed by atoms with E-state index in [1.165, 1.54) is 11.8 Å². The Balaban J connectivity index is 2.11. The molecule has 2 aromatic carbocycles. The van der Waals surface area contributed by atoms with Crippen LogP contribution in [0, 0.1) is 0 Å². The van der Waals surface area contributed by atoms with Gasteiger partial charge in [0.05, 0.1) is 11.9 Å². The lowest BCUT2D eigenvalue weighted by molar-refractivity contribution is -0.114. The molecule has 0 atom stereocenters. The van der Waals surface area contributed by atoms with Crippen molar-refractivity contribution in [3.8, 4) is 5.75 Å². The van der Waals surface area contributed by atoms with Crippen LogP contribution < -0.4 is 14.4 Å². The standard InChI is InChI=1S/C19H22N2O4S2/c1-4-12-25-17-10-8-15(9-11-17)20-19(22)14-21(27(3,23)24)16-6-5-7-18(13-16)26-2/h4-11,13H,1,12,14H2,2-3H3,(H,20,22). The number of amides is 1. The zero-order valence-corrected chi connectivity index (χ0v) is 16.8. The van der Waals surface area contributed by atoms with Gasteiger partial charge in [-0.3, -0.25) is 9.10 Å². The fraction of sp³-hybridized carbons (Fsp3) is 0.211. The van der Waals surface area contributed by atoms with Crippen LogP contribution in [-0.4, -0.2) is 40.0 Å². The van der Waals surface area contributed by atoms with Gasteiger partial charge in [0, 0.05) is 10.6 Å². The number of carbonyl (C=O) groups is 1. The second-order valence-electron chi connectivity index (χ2n) is 5.64. The lowest BCUT2D eigenvalue weighted by atomic mass is 10.3. The summed E-state index contributed by atoms with van der Waals surface area (Å²) in [6, 6.07) is 13.9. The number of sulfonamides is 1. The van der Waals surface area contributed by atoms with Gasteiger partial charge in [0.15, 0.2) is 0 Å². The fourth-order valence-corrected chi connectivity index (χ4v) is 3.59. The minimum Gasteiger partial charge on any atom is -0.490 e. The number of ether oxygens (including phenoxy) is 1. The van der Waals surface area contributed by atoms with Gasteiger partial charge in [0.1, 0.15) is 18.9 Å². The van der Waals surface area contributed by atoms with Gasteiger partial charge in [0.2, 0.25) is 15.9 Å². The van der Waals surface area contributed by atoms with E-state index in [9.17, 15) is 13.2 Å². The van der Waals surface area contributed by atoms with E-state index in [0.29, 0.717) is 23.7 Å². The molecule has 0 fully saturated rings. The number of rotatable bonds is 9. The Morgan fingerprint density at radius 1 is 1.26 bits per heavy atom. The Bertz CT molecular complexity index is 896. The first-order chi connectivity index (χ1) is 12.8. The number of thioether (sulfide) groups is 1. The third-order valence-corrected chi connectivity index (χ3v) is 5.40. The van der Waals surface area contributed by atoms with Gasteiger partial charge >= 0.3 is 0 Å². The molecule has 0 unspecified atom stereocenters. The van der Waals surface area contributed by atoms with Crippen molar-refractivity contribution in [2.24, 2.45) is 0 Å². The van der Waals surface area contributed by atoms with E-state index in [1.54, 1.807) is 48.5 Å². The molecule has 0 aliphatic heterocycles. The summed E-state index contributed by atoms with van der Waals surface area (Å²) in [6.45, 7) is 3.66. The van der Waals surface area contributed by atoms with E-state index in [-0.39, 0.29) is 6.54 Å². The van der Waals surface area contributed by atoms with Crippen LogP contribution in [0.15, 0.2) is 66.1 Å². The molecule has 2 aromatic rings. The van der Waals surface area contributed by atoms with Crippen LogP contribution in [-0.2, 0) is 14.8 Å². The van der Waals surface area contributed by atoms with E-state index in [4.69, 9.17) is 4.74 Å². The van der Waals surface area contributed by atoms with E-state index in [1.807, 2.05) is 12.3 Å². The van der Waals surface area contributed by atoms with E-state index >= 15 is 0 Å². The minimum atomic E-state index is -3.61. The van der Waals surface area contributed by atoms with Crippen LogP contribution in [0.2, 0.25) is 0 Å². The summed E-state index contributed by atoms with van der Waals surface area (Å²) in [5, 5.41) is 2.70. The van der Waals surface area contributed by atoms with Crippen molar-refractivity contribution in [2.75, 3.05) is 35.3 Å². The molecular weight excluding hydrogens is 384 g/mol. The number of hydrogen-bond acceptors (Lipinski definition) is 5. The molecule has 1 amide bonds. The van der Waals surface area contributed by atoms with Crippen LogP contribution in [0.1, 0.15) is 0 Å². The lowest BCUT2D eigenvalue weighted by Crippen LogP contribution is -2.37. The molecule has 144 valence electrons. The van der Waals surface area contributed by atoms with Gasteiger partial charge in [-0.25, -0.2) is 8.42 Å². The van der Waals surface area contributed by atoms with Crippen molar-refractivity contribution in [3.63, 3.8) is 0 Å². The first-order valence-electron chi connectivity index (χ1n) is 8.09. The molecule has 27 heavy (non-hydrogen) atoms. The summed E-state index contributed by atoms with van der Waals surface area (Å²) in [6.07, 6.45) is 4.62. The average Bonchev–Trinajstić information content (AvgIpc) is 2.64. The highest BCUT2D eigenvalue weighted by atomic mass is 32.2. The lowest BCUT2D eigenvalue weighted by Gasteiger charge is -2.22. The van der Waals surface area contributed by atoms with Crippen molar-refractivity contribution in [2.45, 2.75) is 4.90 Å². The topological polar surface area (TPSA) is 75.7 Å². The fourth-order valence-electron chi connectivity index (χ4n) is 2.29. The Morgan fingerprint density at radius 2 is 1.96 bits per heavy atom. The van der Waals surface area contributed by atoms with Crippen LogP contribution in [0.5, 0.6) is 5.75 Å². The molecule has 0 aliphatic carbocycles. The predicted octanol–water partition coefficient (Wildman–Crippen LogP) is 3.38. The highest BCUT2D eigenvalue weighted by Gasteiger charge is 2.21. The maximum absolute atomic E-state index is 12.4. The van der Waals surface area contributed by atoms with E-state index < -0.39 is 15.9 Å². The smallest absolute Gasteiger partial charge is 0.245 e. The normalized spacial score (nSPS) is 10.9. The zero-order chi connectivity index (χ0) is 19.9. The van der Waals surface area contributed by atoms with Crippen LogP contribution in [0.3, 0.4) is 0 Å². The van der Waals surface area contributed by atoms with Crippen LogP contribution in [0.4, 0.5) is 11.4 Å². The van der Waals surface area contributed by atoms with Gasteiger partial charge in [-0.05, 0) is 48.7 Å². The molecule has 2 rings (SSSR count). The molecule has 0 aromatic heterocycles. The summed E-state index contributed by atoms with van der Waals surface area (Å²) in [4.78, 5) is 13.3. The van der Waals surface area contributed by atoms with Crippen molar-refractivity contribution >= 4 is 39.1 Å². The largest absolute Gasteiger partial charge is 0.490 e. The average molecular weight is 407 g/mol. The van der Waals surface area contributed by atoms with Crippen molar-refractivity contribution < 1.29 is 17.9 Å². The van der Waals surface area contributed by atoms with Crippen molar-refractivity contribution in [3.05, 3.63) is 61.2 Å². The summed E-state index contributed by atoms with van der Waals surface area (Å²) >= 11 is 1.50. The molecule has 0 radical (unpaired) electrons. The van der Waals surface area contributed by atoms with E-state index in [2.05, 4.69) is 11.9 Å². The monoisotopic (exact) mass is 406 g/mol. The van der Waals surface area contributed by atoms with Crippen molar-refractivity contribution in [1.82, 2.24) is 0 Å². The minimum absolute atomic E-state index is 0.314. The van der Waals surface area contributed by atoms with Crippen LogP contribution in [0.25, 0.3) is 0 Å². The zero-order valence-electron chi connectivity index (χ0n) is 15.2. The molecule has 0 saturated carbocycles. The Morgan fingerprint density at radius 3 is 2.56 bits per heavy atom. The maximum Gasteiger partial charge on any atom is 0.245 e. The third kappa shape index (κ3) is 6.33. The van der Waals surface area contributed by atoms with Gasteiger partial charge in [-0.1, -0.05) is 18.7 Å². The number of anilines is 2. The summed E-state index contributed by atoms with van der Waals surface area (Å²) in [7, 11) is -3.61. The Labute approximate surface area is 164 Å². The molecule has 0 bridgehead atoms. The molecule has 0 spiro atoms. The van der Waals surface area contributed by atoms with E-state index in [0.717, 1.165) is 15.5 Å². The highest BCUT2D eigenvalue weighted by Crippen LogP contribution is 2.24. The van der Waals surface area contributed by atoms with Gasteiger partial charge in [-0.2, -0.15) is 0 Å². The predicted molar refractivity (Wildman–Crippen MR) is 111 cm³/mol. The first kappa shape index (κ1) is 20.9. The van der Waals surface area contributed by atoms with Gasteiger partial charge < -0.3 is 10.1 Å². The maximum atomic E-state index is 12.4. The number of nitrogens with one attached hydrogen (secondary N) is 1. The van der Waals surface area contributed by atoms with Crippen LogP contribution >= 0.6 is 11.8 Å². The number of hydrogen-bond donors (Lipinski definition) is 1. The summed E-state index contributed by atoms with van der Waals surface area (Å²) < 4.78 is 30.8. The molecule has 0 heterocycles. The molecule has 6 nitrogen and oxygen atoms in total. The van der Waals surface area contributed by atoms with Gasteiger partial charge in [-0.15, -0.1) is 11.8 Å². The quantitative estimate of drug-likeness (QED) is 0.510. The number of benzene rings is 2. The third-order valence-electron chi connectivity index (χ3n) is 3.53. The molecule has 0 aliphatic rings. The summed E-state index contributed by atoms with van der Waals surface area (Å²) in [5.41, 5.74) is 1.00. The second kappa shape index (κ2) is 9.48.